The van der Waals surface area contributed by atoms with Gasteiger partial charge in [0.25, 0.3) is 16.7 Å². The summed E-state index contributed by atoms with van der Waals surface area (Å²) in [7, 11) is -2.64. The molecule has 0 radical (unpaired) electrons. The van der Waals surface area contributed by atoms with Crippen molar-refractivity contribution in [3.8, 4) is 34.0 Å². The standard InChI is InChI=1S/C27H36BrFN2O6Si2.C26H29N5O3/c1-38(2,3)12-10-35-16-31-21-14-18(28)15-22(37-17-36-11-13-39(4,5)6)25(21)30-24(26(31)32)19-8-7-9-20(23(19)29)27(33)34;1-16-7-2-5-12-34-21-14-17(15-30-10-3-4-11-30)13-20-24(21)28-23(25(32)27-20)18-8-6-9-19-22(18)29-31(16)26(19)33/h7-9,14-15H,10-13,16-17H2,1-6H3,(H,33,34);6,8-9,13-14,16,29H,2-5,7,10-12,15H2,1H3,(H,27,32). The van der Waals surface area contributed by atoms with Gasteiger partial charge < -0.3 is 29.0 Å². The Morgan fingerprint density at radius 3 is 2.29 bits per heavy atom. The number of aromatic amines is 2. The summed E-state index contributed by atoms with van der Waals surface area (Å²) < 4.78 is 42.7. The monoisotopic (exact) mass is 1100 g/mol. The second-order valence-corrected chi connectivity index (χ2v) is 33.5. The number of hydrogen-bond donors (Lipinski definition) is 3. The molecule has 5 heterocycles. The first-order chi connectivity index (χ1) is 34.8. The molecule has 0 amide bonds. The molecule has 0 aliphatic carbocycles. The summed E-state index contributed by atoms with van der Waals surface area (Å²) in [5, 5.41) is 13.2. The second-order valence-electron chi connectivity index (χ2n) is 21.4. The number of fused-ring (bicyclic) bond motifs is 4. The molecule has 73 heavy (non-hydrogen) atoms. The molecule has 20 heteroatoms. The van der Waals surface area contributed by atoms with E-state index in [2.05, 4.69) is 81.2 Å². The van der Waals surface area contributed by atoms with Crippen molar-refractivity contribution >= 4 is 71.0 Å². The van der Waals surface area contributed by atoms with Gasteiger partial charge in [0.2, 0.25) is 0 Å². The minimum Gasteiger partial charge on any atom is -0.491 e. The topological polar surface area (TPSA) is 196 Å². The summed E-state index contributed by atoms with van der Waals surface area (Å²) in [6.45, 7) is 20.0. The normalized spacial score (nSPS) is 15.4. The van der Waals surface area contributed by atoms with Crippen LogP contribution in [0.5, 0.6) is 11.5 Å². The maximum atomic E-state index is 15.3. The van der Waals surface area contributed by atoms with Crippen LogP contribution in [0.4, 0.5) is 4.39 Å². The molecular weight excluding hydrogens is 1030 g/mol. The summed E-state index contributed by atoms with van der Waals surface area (Å²) >= 11 is 3.48. The Hall–Kier alpha value is -5.78. The molecule has 7 aromatic rings. The second kappa shape index (κ2) is 22.8. The lowest BCUT2D eigenvalue weighted by molar-refractivity contribution is 0.0228. The van der Waals surface area contributed by atoms with E-state index in [1.54, 1.807) is 22.9 Å². The van der Waals surface area contributed by atoms with Crippen molar-refractivity contribution < 1.29 is 33.2 Å². The fourth-order valence-electron chi connectivity index (χ4n) is 8.96. The lowest BCUT2D eigenvalue weighted by Crippen LogP contribution is -2.27. The van der Waals surface area contributed by atoms with Gasteiger partial charge in [-0.1, -0.05) is 73.4 Å². The number of likely N-dealkylation sites (tertiary alicyclic amines) is 1. The lowest BCUT2D eigenvalue weighted by Gasteiger charge is -2.19. The zero-order valence-electron chi connectivity index (χ0n) is 42.7. The third kappa shape index (κ3) is 12.8. The Bertz CT molecular complexity index is 3340. The Morgan fingerprint density at radius 1 is 0.863 bits per heavy atom. The number of para-hydroxylation sites is 1. The molecule has 4 aromatic carbocycles. The number of carbonyl (C=O) groups is 1. The maximum Gasteiger partial charge on any atom is 0.338 e. The molecule has 1 unspecified atom stereocenters. The first-order valence-corrected chi connectivity index (χ1v) is 33.2. The van der Waals surface area contributed by atoms with Gasteiger partial charge in [0.15, 0.2) is 12.5 Å². The van der Waals surface area contributed by atoms with E-state index in [0.29, 0.717) is 74.3 Å². The van der Waals surface area contributed by atoms with Crippen molar-refractivity contribution in [2.24, 2.45) is 0 Å². The SMILES string of the molecule is CC1CCCCOc2cc(CN3CCCC3)cc3[nH]c(=O)c(nc23)-c2cccc3c(=O)n1[nH]c23.C[Si](C)(C)CCOCOc1cc(Br)cc2c1nc(-c1cccc(C(=O)O)c1F)c(=O)n2COCC[Si](C)(C)C. The molecule has 16 nitrogen and oxygen atoms in total. The number of aromatic carboxylic acids is 1. The molecule has 3 N–H and O–H groups in total. The lowest BCUT2D eigenvalue weighted by atomic mass is 10.1. The Balaban J connectivity index is 0.000000196. The molecule has 2 aliphatic heterocycles. The zero-order chi connectivity index (χ0) is 52.2. The van der Waals surface area contributed by atoms with E-state index in [1.165, 1.54) is 29.5 Å². The highest BCUT2D eigenvalue weighted by Gasteiger charge is 2.25. The van der Waals surface area contributed by atoms with E-state index in [0.717, 1.165) is 62.6 Å². The van der Waals surface area contributed by atoms with Crippen LogP contribution in [0.25, 0.3) is 55.5 Å². The Morgan fingerprint density at radius 2 is 1.56 bits per heavy atom. The fourth-order valence-corrected chi connectivity index (χ4v) is 10.9. The van der Waals surface area contributed by atoms with Gasteiger partial charge >= 0.3 is 5.97 Å². The Labute approximate surface area is 433 Å². The number of carboxylic acids is 1. The van der Waals surface area contributed by atoms with Gasteiger partial charge in [0, 0.05) is 51.5 Å². The van der Waals surface area contributed by atoms with E-state index < -0.39 is 39.1 Å². The third-order valence-corrected chi connectivity index (χ3v) is 17.0. The molecule has 9 rings (SSSR count). The molecular formula is C53H65BrFN7O9Si2. The molecule has 0 spiro atoms. The maximum absolute atomic E-state index is 15.3. The number of benzene rings is 4. The smallest absolute Gasteiger partial charge is 0.338 e. The average Bonchev–Trinajstić information content (AvgIpc) is 3.97. The molecule has 0 saturated carbocycles. The van der Waals surface area contributed by atoms with Crippen LogP contribution in [-0.2, 0) is 22.7 Å². The van der Waals surface area contributed by atoms with Crippen LogP contribution in [0.2, 0.25) is 51.4 Å². The van der Waals surface area contributed by atoms with Crippen LogP contribution < -0.4 is 26.2 Å². The van der Waals surface area contributed by atoms with Gasteiger partial charge in [-0.2, -0.15) is 0 Å². The molecule has 3 aromatic heterocycles. The number of halogens is 2. The highest BCUT2D eigenvalue weighted by Crippen LogP contribution is 2.33. The van der Waals surface area contributed by atoms with E-state index in [9.17, 15) is 24.3 Å². The highest BCUT2D eigenvalue weighted by atomic mass is 79.9. The van der Waals surface area contributed by atoms with Crippen molar-refractivity contribution in [1.29, 1.82) is 0 Å². The number of nitrogens with zero attached hydrogens (tertiary/aromatic N) is 5. The fraction of sp³-hybridized carbons (Fsp3) is 0.434. The van der Waals surface area contributed by atoms with Gasteiger partial charge in [-0.25, -0.2) is 23.8 Å². The molecule has 1 fully saturated rings. The van der Waals surface area contributed by atoms with Gasteiger partial charge in [-0.15, -0.1) is 0 Å². The minimum absolute atomic E-state index is 0.0174. The third-order valence-electron chi connectivity index (χ3n) is 13.1. The van der Waals surface area contributed by atoms with Crippen molar-refractivity contribution in [2.45, 2.75) is 110 Å². The molecule has 1 saturated heterocycles. The zero-order valence-corrected chi connectivity index (χ0v) is 46.2. The number of carboxylic acid groups (broad SMARTS) is 1. The number of rotatable bonds is 15. The summed E-state index contributed by atoms with van der Waals surface area (Å²) in [6.07, 6.45) is 5.13. The van der Waals surface area contributed by atoms with Gasteiger partial charge in [-0.3, -0.25) is 28.9 Å². The minimum atomic E-state index is -1.44. The first-order valence-electron chi connectivity index (χ1n) is 25.0. The Kier molecular flexibility index (Phi) is 16.7. The van der Waals surface area contributed by atoms with E-state index in [1.807, 2.05) is 25.1 Å². The predicted octanol–water partition coefficient (Wildman–Crippen LogP) is 10.6. The van der Waals surface area contributed by atoms with Crippen molar-refractivity contribution in [1.82, 2.24) is 34.2 Å². The van der Waals surface area contributed by atoms with Gasteiger partial charge in [0.05, 0.1) is 40.1 Å². The van der Waals surface area contributed by atoms with Gasteiger partial charge in [0.1, 0.15) is 40.7 Å². The summed E-state index contributed by atoms with van der Waals surface area (Å²) in [6, 6.07) is 18.7. The summed E-state index contributed by atoms with van der Waals surface area (Å²) in [4.78, 5) is 66.3. The van der Waals surface area contributed by atoms with Crippen LogP contribution in [-0.4, -0.2) is 101 Å². The first kappa shape index (κ1) is 53.5. The molecule has 1 atom stereocenters. The van der Waals surface area contributed by atoms with Crippen molar-refractivity contribution in [3.63, 3.8) is 0 Å². The van der Waals surface area contributed by atoms with Crippen LogP contribution in [0.3, 0.4) is 0 Å². The van der Waals surface area contributed by atoms with Gasteiger partial charge in [-0.05, 0) is 112 Å². The van der Waals surface area contributed by atoms with Crippen molar-refractivity contribution in [2.75, 3.05) is 39.7 Å². The van der Waals surface area contributed by atoms with Crippen LogP contribution in [0.15, 0.2) is 79.5 Å². The average molecular weight is 1100 g/mol. The quantitative estimate of drug-likeness (QED) is 0.0500. The van der Waals surface area contributed by atoms with E-state index >= 15 is 4.39 Å². The molecule has 388 valence electrons. The van der Waals surface area contributed by atoms with E-state index in [4.69, 9.17) is 23.9 Å². The van der Waals surface area contributed by atoms with Crippen LogP contribution >= 0.6 is 15.9 Å². The van der Waals surface area contributed by atoms with E-state index in [-0.39, 0.29) is 47.6 Å². The highest BCUT2D eigenvalue weighted by molar-refractivity contribution is 9.10. The number of H-pyrrole nitrogens is 2. The van der Waals surface area contributed by atoms with Crippen LogP contribution in [0.1, 0.15) is 61.0 Å². The number of ether oxygens (including phenoxy) is 4. The predicted molar refractivity (Wildman–Crippen MR) is 292 cm³/mol. The summed E-state index contributed by atoms with van der Waals surface area (Å²) in [5.74, 6) is -1.44. The van der Waals surface area contributed by atoms with Crippen molar-refractivity contribution in [3.05, 3.63) is 113 Å². The number of hydrogen-bond acceptors (Lipinski definition) is 11. The molecule has 2 aliphatic rings. The summed E-state index contributed by atoms with van der Waals surface area (Å²) in [5.41, 5.74) is 2.77. The number of nitrogens with one attached hydrogen (secondary N) is 2. The van der Waals surface area contributed by atoms with Crippen LogP contribution in [0, 0.1) is 5.82 Å². The molecule has 4 bridgehead atoms. The largest absolute Gasteiger partial charge is 0.491 e. The number of aromatic nitrogens is 6.